The predicted octanol–water partition coefficient (Wildman–Crippen LogP) is 2.77. The Morgan fingerprint density at radius 1 is 1.29 bits per heavy atom. The fourth-order valence-corrected chi connectivity index (χ4v) is 2.71. The summed E-state index contributed by atoms with van der Waals surface area (Å²) in [7, 11) is 0. The molecule has 0 bridgehead atoms. The molecular formula is C14H22N2O. The number of carbonyl (C=O) groups is 1. The number of amides is 1. The summed E-state index contributed by atoms with van der Waals surface area (Å²) in [5, 5.41) is 12.2. The average Bonchev–Trinajstić information content (AvgIpc) is 3.19. The van der Waals surface area contributed by atoms with Crippen molar-refractivity contribution in [3.05, 3.63) is 0 Å². The highest BCUT2D eigenvalue weighted by molar-refractivity contribution is 5.85. The molecule has 0 saturated heterocycles. The van der Waals surface area contributed by atoms with Crippen molar-refractivity contribution in [2.75, 3.05) is 6.54 Å². The third-order valence-corrected chi connectivity index (χ3v) is 4.13. The van der Waals surface area contributed by atoms with Crippen LogP contribution < -0.4 is 5.32 Å². The lowest BCUT2D eigenvalue weighted by atomic mass is 9.74. The van der Waals surface area contributed by atoms with Gasteiger partial charge in [-0.2, -0.15) is 5.26 Å². The third-order valence-electron chi connectivity index (χ3n) is 4.13. The van der Waals surface area contributed by atoms with E-state index in [4.69, 9.17) is 0 Å². The van der Waals surface area contributed by atoms with Crippen LogP contribution in [-0.4, -0.2) is 12.5 Å². The minimum absolute atomic E-state index is 0.0181. The van der Waals surface area contributed by atoms with Gasteiger partial charge in [-0.25, -0.2) is 0 Å². The first-order valence-electron chi connectivity index (χ1n) is 6.96. The van der Waals surface area contributed by atoms with Crippen LogP contribution in [0.15, 0.2) is 0 Å². The van der Waals surface area contributed by atoms with Gasteiger partial charge in [0.25, 0.3) is 0 Å². The summed E-state index contributed by atoms with van der Waals surface area (Å²) in [6.07, 6.45) is 9.74. The highest BCUT2D eigenvalue weighted by atomic mass is 16.2. The second kappa shape index (κ2) is 5.53. The number of nitrogens with zero attached hydrogens (tertiary/aromatic N) is 1. The van der Waals surface area contributed by atoms with E-state index in [0.29, 0.717) is 0 Å². The molecule has 3 nitrogen and oxygen atoms in total. The predicted molar refractivity (Wildman–Crippen MR) is 66.1 cm³/mol. The quantitative estimate of drug-likeness (QED) is 0.744. The molecule has 0 aromatic heterocycles. The van der Waals surface area contributed by atoms with Gasteiger partial charge in [0, 0.05) is 6.54 Å². The van der Waals surface area contributed by atoms with E-state index in [0.717, 1.165) is 44.6 Å². The molecule has 0 aliphatic heterocycles. The molecule has 1 amide bonds. The Bertz CT molecular complexity index is 309. The molecule has 0 aromatic rings. The lowest BCUT2D eigenvalue weighted by molar-refractivity contribution is -0.129. The van der Waals surface area contributed by atoms with Gasteiger partial charge in [0.05, 0.1) is 6.07 Å². The van der Waals surface area contributed by atoms with Crippen LogP contribution in [0.2, 0.25) is 0 Å². The minimum Gasteiger partial charge on any atom is -0.355 e. The fourth-order valence-electron chi connectivity index (χ4n) is 2.71. The molecule has 2 rings (SSSR count). The Kier molecular flexibility index (Phi) is 4.04. The van der Waals surface area contributed by atoms with E-state index in [2.05, 4.69) is 11.4 Å². The summed E-state index contributed by atoms with van der Waals surface area (Å²) in [6.45, 7) is 0.749. The Morgan fingerprint density at radius 2 is 2.00 bits per heavy atom. The lowest BCUT2D eigenvalue weighted by Gasteiger charge is -2.29. The van der Waals surface area contributed by atoms with Crippen LogP contribution in [0.4, 0.5) is 0 Å². The standard InChI is InChI=1S/C14H22N2O/c15-11-14(8-2-1-3-9-14)13(17)16-10-4-5-12-6-7-12/h12H,1-10H2,(H,16,17). The Morgan fingerprint density at radius 3 is 2.59 bits per heavy atom. The molecule has 2 fully saturated rings. The zero-order chi connectivity index (χ0) is 12.1. The summed E-state index contributed by atoms with van der Waals surface area (Å²) < 4.78 is 0. The van der Waals surface area contributed by atoms with Gasteiger partial charge >= 0.3 is 0 Å². The molecule has 0 unspecified atom stereocenters. The summed E-state index contributed by atoms with van der Waals surface area (Å²) in [4.78, 5) is 12.1. The number of nitriles is 1. The van der Waals surface area contributed by atoms with Crippen molar-refractivity contribution in [3.8, 4) is 6.07 Å². The van der Waals surface area contributed by atoms with Crippen LogP contribution in [0.1, 0.15) is 57.8 Å². The van der Waals surface area contributed by atoms with Crippen LogP contribution in [0.5, 0.6) is 0 Å². The molecular weight excluding hydrogens is 212 g/mol. The number of nitrogens with one attached hydrogen (secondary N) is 1. The first-order chi connectivity index (χ1) is 8.27. The average molecular weight is 234 g/mol. The number of rotatable bonds is 5. The van der Waals surface area contributed by atoms with E-state index in [-0.39, 0.29) is 5.91 Å². The molecule has 94 valence electrons. The first-order valence-corrected chi connectivity index (χ1v) is 6.96. The van der Waals surface area contributed by atoms with Crippen molar-refractivity contribution in [2.45, 2.75) is 57.8 Å². The number of carbonyl (C=O) groups excluding carboxylic acids is 1. The van der Waals surface area contributed by atoms with Gasteiger partial charge in [-0.15, -0.1) is 0 Å². The Labute approximate surface area is 104 Å². The maximum absolute atomic E-state index is 12.1. The maximum atomic E-state index is 12.1. The van der Waals surface area contributed by atoms with Gasteiger partial charge in [-0.1, -0.05) is 32.1 Å². The van der Waals surface area contributed by atoms with E-state index in [1.807, 2.05) is 0 Å². The van der Waals surface area contributed by atoms with E-state index < -0.39 is 5.41 Å². The molecule has 2 aliphatic carbocycles. The zero-order valence-corrected chi connectivity index (χ0v) is 10.5. The molecule has 1 N–H and O–H groups in total. The molecule has 0 radical (unpaired) electrons. The zero-order valence-electron chi connectivity index (χ0n) is 10.5. The minimum atomic E-state index is -0.710. The van der Waals surface area contributed by atoms with Crippen LogP contribution in [-0.2, 0) is 4.79 Å². The van der Waals surface area contributed by atoms with Gasteiger partial charge in [0.15, 0.2) is 0 Å². The van der Waals surface area contributed by atoms with E-state index in [9.17, 15) is 10.1 Å². The highest BCUT2D eigenvalue weighted by Gasteiger charge is 2.39. The summed E-state index contributed by atoms with van der Waals surface area (Å²) >= 11 is 0. The number of hydrogen-bond acceptors (Lipinski definition) is 2. The lowest BCUT2D eigenvalue weighted by Crippen LogP contribution is -2.41. The Hall–Kier alpha value is -1.04. The topological polar surface area (TPSA) is 52.9 Å². The van der Waals surface area contributed by atoms with Gasteiger partial charge in [-0.05, 0) is 31.6 Å². The Balaban J connectivity index is 1.73. The van der Waals surface area contributed by atoms with Gasteiger partial charge in [-0.3, -0.25) is 4.79 Å². The summed E-state index contributed by atoms with van der Waals surface area (Å²) in [5.74, 6) is 0.905. The molecule has 0 aromatic carbocycles. The van der Waals surface area contributed by atoms with Crippen LogP contribution in [0.25, 0.3) is 0 Å². The van der Waals surface area contributed by atoms with Crippen molar-refractivity contribution >= 4 is 5.91 Å². The van der Waals surface area contributed by atoms with Crippen molar-refractivity contribution in [3.63, 3.8) is 0 Å². The second-order valence-electron chi connectivity index (χ2n) is 5.60. The van der Waals surface area contributed by atoms with Gasteiger partial charge < -0.3 is 5.32 Å². The molecule has 2 aliphatic rings. The number of hydrogen-bond donors (Lipinski definition) is 1. The SMILES string of the molecule is N#CC1(C(=O)NCCCC2CC2)CCCCC1. The maximum Gasteiger partial charge on any atom is 0.240 e. The van der Waals surface area contributed by atoms with Crippen molar-refractivity contribution in [2.24, 2.45) is 11.3 Å². The van der Waals surface area contributed by atoms with E-state index in [1.54, 1.807) is 0 Å². The molecule has 0 spiro atoms. The van der Waals surface area contributed by atoms with Crippen molar-refractivity contribution < 1.29 is 4.79 Å². The van der Waals surface area contributed by atoms with E-state index in [1.165, 1.54) is 25.7 Å². The first kappa shape index (κ1) is 12.4. The third kappa shape index (κ3) is 3.21. The fraction of sp³-hybridized carbons (Fsp3) is 0.857. The van der Waals surface area contributed by atoms with Crippen LogP contribution in [0, 0.1) is 22.7 Å². The highest BCUT2D eigenvalue weighted by Crippen LogP contribution is 2.36. The van der Waals surface area contributed by atoms with E-state index >= 15 is 0 Å². The smallest absolute Gasteiger partial charge is 0.240 e. The van der Waals surface area contributed by atoms with Crippen molar-refractivity contribution in [1.29, 1.82) is 5.26 Å². The largest absolute Gasteiger partial charge is 0.355 e. The van der Waals surface area contributed by atoms with Gasteiger partial charge in [0.2, 0.25) is 5.91 Å². The summed E-state index contributed by atoms with van der Waals surface area (Å²) in [5.41, 5.74) is -0.710. The normalized spacial score (nSPS) is 22.8. The van der Waals surface area contributed by atoms with Crippen LogP contribution >= 0.6 is 0 Å². The molecule has 0 atom stereocenters. The molecule has 2 saturated carbocycles. The summed E-state index contributed by atoms with van der Waals surface area (Å²) in [6, 6.07) is 2.27. The monoisotopic (exact) mass is 234 g/mol. The molecule has 3 heteroatoms. The molecule has 17 heavy (non-hydrogen) atoms. The van der Waals surface area contributed by atoms with Crippen molar-refractivity contribution in [1.82, 2.24) is 5.32 Å². The van der Waals surface area contributed by atoms with Gasteiger partial charge in [0.1, 0.15) is 5.41 Å². The second-order valence-corrected chi connectivity index (χ2v) is 5.60. The van der Waals surface area contributed by atoms with Crippen LogP contribution in [0.3, 0.4) is 0 Å². The molecule has 0 heterocycles.